The molecule has 0 unspecified atom stereocenters. The molecule has 2 aromatic rings. The third kappa shape index (κ3) is 8.43. The minimum atomic E-state index is -4.28. The first-order valence-electron chi connectivity index (χ1n) is 11.2. The van der Waals surface area contributed by atoms with Crippen LogP contribution >= 0.6 is 0 Å². The van der Waals surface area contributed by atoms with E-state index in [1.165, 1.54) is 0 Å². The highest BCUT2D eigenvalue weighted by molar-refractivity contribution is 7.91. The average molecular weight is 507 g/mol. The molecule has 0 aromatic heterocycles. The third-order valence-electron chi connectivity index (χ3n) is 4.95. The summed E-state index contributed by atoms with van der Waals surface area (Å²) in [5, 5.41) is 0. The number of sulfone groups is 1. The lowest BCUT2D eigenvalue weighted by atomic mass is 10.2. The first-order chi connectivity index (χ1) is 16.7. The van der Waals surface area contributed by atoms with Gasteiger partial charge in [0.05, 0.1) is 9.79 Å². The van der Waals surface area contributed by atoms with E-state index in [-0.39, 0.29) is 22.6 Å². The van der Waals surface area contributed by atoms with Gasteiger partial charge in [-0.3, -0.25) is 9.59 Å². The van der Waals surface area contributed by atoms with Gasteiger partial charge < -0.3 is 9.47 Å². The fraction of sp³-hybridized carbons (Fsp3) is 0.308. The molecule has 0 aliphatic carbocycles. The molecular weight excluding hydrogens is 478 g/mol. The van der Waals surface area contributed by atoms with Crippen LogP contribution in [0, 0.1) is 11.6 Å². The zero-order valence-electron chi connectivity index (χ0n) is 19.3. The number of unbranched alkanes of at least 4 members (excludes halogenated alkanes) is 4. The van der Waals surface area contributed by atoms with Crippen molar-refractivity contribution in [3.8, 4) is 11.5 Å². The highest BCUT2D eigenvalue weighted by atomic mass is 32.2. The smallest absolute Gasteiger partial charge is 0.311 e. The number of allylic oxidation sites excluding steroid dienone is 2. The van der Waals surface area contributed by atoms with E-state index in [9.17, 15) is 26.8 Å². The van der Waals surface area contributed by atoms with Gasteiger partial charge in [0.25, 0.3) is 0 Å². The predicted octanol–water partition coefficient (Wildman–Crippen LogP) is 6.10. The zero-order valence-corrected chi connectivity index (χ0v) is 20.1. The number of hydrogen-bond donors (Lipinski definition) is 0. The Morgan fingerprint density at radius 1 is 0.743 bits per heavy atom. The quantitative estimate of drug-likeness (QED) is 0.101. The van der Waals surface area contributed by atoms with Crippen LogP contribution in [0.5, 0.6) is 11.5 Å². The molecule has 0 atom stereocenters. The second-order valence-corrected chi connectivity index (χ2v) is 9.65. The zero-order chi connectivity index (χ0) is 25.8. The Morgan fingerprint density at radius 2 is 1.14 bits per heavy atom. The molecule has 0 aliphatic rings. The van der Waals surface area contributed by atoms with Gasteiger partial charge in [0.15, 0.2) is 23.1 Å². The van der Waals surface area contributed by atoms with Crippen LogP contribution in [0.4, 0.5) is 8.78 Å². The molecule has 0 bridgehead atoms. The summed E-state index contributed by atoms with van der Waals surface area (Å²) in [4.78, 5) is 23.2. The SMILES string of the molecule is C=CCCCCC(=O)Oc1cc(S(=O)(=O)c2ccc(F)c(OC(=O)CCCCC=C)c2)ccc1F. The molecule has 2 rings (SSSR count). The molecule has 0 fully saturated rings. The fourth-order valence-electron chi connectivity index (χ4n) is 3.06. The molecular formula is C26H28F2O6S. The van der Waals surface area contributed by atoms with E-state index in [1.54, 1.807) is 12.2 Å². The van der Waals surface area contributed by atoms with E-state index in [1.807, 2.05) is 0 Å². The minimum Gasteiger partial charge on any atom is -0.423 e. The summed E-state index contributed by atoms with van der Waals surface area (Å²) in [7, 11) is -4.28. The maximum absolute atomic E-state index is 14.2. The van der Waals surface area contributed by atoms with Crippen LogP contribution in [-0.4, -0.2) is 20.4 Å². The van der Waals surface area contributed by atoms with Gasteiger partial charge in [-0.25, -0.2) is 17.2 Å². The third-order valence-corrected chi connectivity index (χ3v) is 6.70. The Balaban J connectivity index is 2.19. The van der Waals surface area contributed by atoms with Crippen molar-refractivity contribution in [3.05, 3.63) is 73.3 Å². The van der Waals surface area contributed by atoms with Crippen molar-refractivity contribution in [2.75, 3.05) is 0 Å². The average Bonchev–Trinajstić information content (AvgIpc) is 2.82. The summed E-state index contributed by atoms with van der Waals surface area (Å²) in [6.45, 7) is 7.17. The van der Waals surface area contributed by atoms with E-state index in [0.717, 1.165) is 49.2 Å². The number of benzene rings is 2. The monoisotopic (exact) mass is 506 g/mol. The minimum absolute atomic E-state index is 0.0323. The normalized spacial score (nSPS) is 11.0. The lowest BCUT2D eigenvalue weighted by molar-refractivity contribution is -0.135. The van der Waals surface area contributed by atoms with Crippen molar-refractivity contribution in [2.24, 2.45) is 0 Å². The van der Waals surface area contributed by atoms with E-state index in [2.05, 4.69) is 13.2 Å². The summed E-state index contributed by atoms with van der Waals surface area (Å²) < 4.78 is 64.5. The fourth-order valence-corrected chi connectivity index (χ4v) is 4.35. The summed E-state index contributed by atoms with van der Waals surface area (Å²) in [5.74, 6) is -4.29. The van der Waals surface area contributed by atoms with Gasteiger partial charge in [-0.2, -0.15) is 0 Å². The molecule has 35 heavy (non-hydrogen) atoms. The van der Waals surface area contributed by atoms with Crippen molar-refractivity contribution in [1.29, 1.82) is 0 Å². The van der Waals surface area contributed by atoms with Crippen molar-refractivity contribution < 1.29 is 36.3 Å². The van der Waals surface area contributed by atoms with Crippen LogP contribution in [0.15, 0.2) is 71.5 Å². The van der Waals surface area contributed by atoms with E-state index in [4.69, 9.17) is 9.47 Å². The summed E-state index contributed by atoms with van der Waals surface area (Å²) in [5.41, 5.74) is 0. The standard InChI is InChI=1S/C26H28F2O6S/c1-3-5-7-9-11-25(29)33-23-17-19(13-15-21(23)27)35(31,32)20-14-16-22(28)24(18-20)34-26(30)12-10-8-6-4-2/h3-4,13-18H,1-2,5-12H2. The molecule has 0 saturated carbocycles. The molecule has 0 spiro atoms. The van der Waals surface area contributed by atoms with Crippen LogP contribution in [0.1, 0.15) is 51.4 Å². The van der Waals surface area contributed by atoms with E-state index < -0.39 is 44.9 Å². The molecule has 0 heterocycles. The van der Waals surface area contributed by atoms with Crippen molar-refractivity contribution in [3.63, 3.8) is 0 Å². The second-order valence-electron chi connectivity index (χ2n) is 7.70. The Kier molecular flexibility index (Phi) is 10.8. The van der Waals surface area contributed by atoms with Crippen LogP contribution in [0.25, 0.3) is 0 Å². The van der Waals surface area contributed by atoms with Crippen LogP contribution < -0.4 is 9.47 Å². The van der Waals surface area contributed by atoms with Crippen LogP contribution in [-0.2, 0) is 19.4 Å². The van der Waals surface area contributed by atoms with E-state index >= 15 is 0 Å². The number of esters is 2. The molecule has 0 aliphatic heterocycles. The molecule has 0 saturated heterocycles. The van der Waals surface area contributed by atoms with Gasteiger partial charge in [0.1, 0.15) is 0 Å². The number of halogens is 2. The molecule has 0 amide bonds. The molecule has 0 radical (unpaired) electrons. The highest BCUT2D eigenvalue weighted by Crippen LogP contribution is 2.30. The molecule has 188 valence electrons. The van der Waals surface area contributed by atoms with Gasteiger partial charge in [-0.05, 0) is 62.8 Å². The molecule has 2 aromatic carbocycles. The summed E-state index contributed by atoms with van der Waals surface area (Å²) in [6.07, 6.45) is 7.38. The maximum Gasteiger partial charge on any atom is 0.311 e. The Hall–Kier alpha value is -3.33. The first-order valence-corrected chi connectivity index (χ1v) is 12.6. The number of rotatable bonds is 14. The Labute approximate surface area is 204 Å². The Bertz CT molecular complexity index is 1090. The lowest BCUT2D eigenvalue weighted by Gasteiger charge is -2.11. The van der Waals surface area contributed by atoms with Crippen molar-refractivity contribution in [2.45, 2.75) is 61.2 Å². The number of carbonyl (C=O) groups is 2. The van der Waals surface area contributed by atoms with Gasteiger partial charge in [-0.15, -0.1) is 13.2 Å². The first kappa shape index (κ1) is 27.9. The van der Waals surface area contributed by atoms with Crippen LogP contribution in [0.3, 0.4) is 0 Å². The second kappa shape index (κ2) is 13.5. The van der Waals surface area contributed by atoms with Gasteiger partial charge in [0.2, 0.25) is 9.84 Å². The number of carbonyl (C=O) groups excluding carboxylic acids is 2. The van der Waals surface area contributed by atoms with Crippen LogP contribution in [0.2, 0.25) is 0 Å². The number of hydrogen-bond acceptors (Lipinski definition) is 6. The largest absolute Gasteiger partial charge is 0.423 e. The topological polar surface area (TPSA) is 86.7 Å². The van der Waals surface area contributed by atoms with E-state index in [0.29, 0.717) is 25.7 Å². The summed E-state index contributed by atoms with van der Waals surface area (Å²) >= 11 is 0. The van der Waals surface area contributed by atoms with Gasteiger partial charge in [0, 0.05) is 25.0 Å². The predicted molar refractivity (Wildman–Crippen MR) is 127 cm³/mol. The molecule has 0 N–H and O–H groups in total. The number of ether oxygens (including phenoxy) is 2. The molecule has 9 heteroatoms. The Morgan fingerprint density at radius 3 is 1.51 bits per heavy atom. The highest BCUT2D eigenvalue weighted by Gasteiger charge is 2.23. The molecule has 6 nitrogen and oxygen atoms in total. The van der Waals surface area contributed by atoms with Crippen molar-refractivity contribution in [1.82, 2.24) is 0 Å². The summed E-state index contributed by atoms with van der Waals surface area (Å²) in [6, 6.07) is 5.51. The van der Waals surface area contributed by atoms with Gasteiger partial charge >= 0.3 is 11.9 Å². The maximum atomic E-state index is 14.2. The van der Waals surface area contributed by atoms with Gasteiger partial charge in [-0.1, -0.05) is 12.2 Å². The van der Waals surface area contributed by atoms with Crippen molar-refractivity contribution >= 4 is 21.8 Å². The lowest BCUT2D eigenvalue weighted by Crippen LogP contribution is -2.11.